The average Bonchev–Trinajstić information content (AvgIpc) is 2.36. The van der Waals surface area contributed by atoms with Crippen molar-refractivity contribution >= 4 is 30.1 Å². The number of carbonyl (C=O) groups is 1. The van der Waals surface area contributed by atoms with Crippen LogP contribution < -0.4 is 10.6 Å². The Balaban J connectivity index is 0.00000200. The van der Waals surface area contributed by atoms with Crippen molar-refractivity contribution in [2.75, 3.05) is 18.8 Å². The Morgan fingerprint density at radius 3 is 2.75 bits per heavy atom. The fourth-order valence-electron chi connectivity index (χ4n) is 2.13. The number of aryl methyl sites for hydroxylation is 2. The number of rotatable bonds is 4. The van der Waals surface area contributed by atoms with Gasteiger partial charge in [0.15, 0.2) is 5.16 Å². The van der Waals surface area contributed by atoms with E-state index < -0.39 is 0 Å². The molecule has 1 saturated heterocycles. The molecule has 1 atom stereocenters. The summed E-state index contributed by atoms with van der Waals surface area (Å²) in [5.41, 5.74) is 1.87. The molecule has 0 saturated carbocycles. The summed E-state index contributed by atoms with van der Waals surface area (Å²) in [5.74, 6) is 0.431. The van der Waals surface area contributed by atoms with E-state index in [9.17, 15) is 4.79 Å². The Labute approximate surface area is 130 Å². The highest BCUT2D eigenvalue weighted by atomic mass is 35.5. The minimum Gasteiger partial charge on any atom is -0.351 e. The lowest BCUT2D eigenvalue weighted by Crippen LogP contribution is -2.46. The van der Waals surface area contributed by atoms with Crippen molar-refractivity contribution in [2.45, 2.75) is 37.9 Å². The van der Waals surface area contributed by atoms with Gasteiger partial charge in [0.05, 0.1) is 5.75 Å². The second kappa shape index (κ2) is 8.44. The van der Waals surface area contributed by atoms with Gasteiger partial charge in [-0.05, 0) is 39.3 Å². The van der Waals surface area contributed by atoms with Crippen molar-refractivity contribution in [1.29, 1.82) is 0 Å². The highest BCUT2D eigenvalue weighted by Crippen LogP contribution is 2.13. The molecule has 1 aliphatic rings. The molecule has 2 rings (SSSR count). The predicted molar refractivity (Wildman–Crippen MR) is 83.5 cm³/mol. The van der Waals surface area contributed by atoms with Gasteiger partial charge in [-0.25, -0.2) is 9.97 Å². The van der Waals surface area contributed by atoms with Crippen LogP contribution in [0.3, 0.4) is 0 Å². The molecule has 7 heteroatoms. The van der Waals surface area contributed by atoms with E-state index in [-0.39, 0.29) is 24.4 Å². The number of hydrogen-bond donors (Lipinski definition) is 2. The molecule has 0 spiro atoms. The normalized spacial score (nSPS) is 18.2. The summed E-state index contributed by atoms with van der Waals surface area (Å²) < 4.78 is 0. The summed E-state index contributed by atoms with van der Waals surface area (Å²) in [7, 11) is 0. The molecule has 1 aromatic rings. The van der Waals surface area contributed by atoms with Crippen molar-refractivity contribution in [3.05, 3.63) is 17.5 Å². The van der Waals surface area contributed by atoms with Gasteiger partial charge < -0.3 is 10.6 Å². The third-order valence-corrected chi connectivity index (χ3v) is 3.80. The summed E-state index contributed by atoms with van der Waals surface area (Å²) in [6.45, 7) is 5.80. The Morgan fingerprint density at radius 2 is 2.15 bits per heavy atom. The fourth-order valence-corrected chi connectivity index (χ4v) is 2.89. The zero-order valence-electron chi connectivity index (χ0n) is 11.8. The Hall–Kier alpha value is -0.850. The van der Waals surface area contributed by atoms with Gasteiger partial charge in [0, 0.05) is 24.0 Å². The molecule has 2 N–H and O–H groups in total. The molecule has 0 aliphatic carbocycles. The number of nitrogens with one attached hydrogen (secondary N) is 2. The zero-order chi connectivity index (χ0) is 13.7. The van der Waals surface area contributed by atoms with Crippen LogP contribution in [0.2, 0.25) is 0 Å². The molecule has 1 aliphatic heterocycles. The van der Waals surface area contributed by atoms with Crippen molar-refractivity contribution in [3.63, 3.8) is 0 Å². The van der Waals surface area contributed by atoms with E-state index in [1.54, 1.807) is 0 Å². The summed E-state index contributed by atoms with van der Waals surface area (Å²) in [4.78, 5) is 20.5. The summed E-state index contributed by atoms with van der Waals surface area (Å²) in [6.07, 6.45) is 2.18. The standard InChI is InChI=1S/C13H20N4OS.ClH/c1-9-6-10(2)16-13(15-9)19-8-12(18)17-11-4-3-5-14-7-11;/h6,11,14H,3-5,7-8H2,1-2H3,(H,17,18);1H/t11-;/m0./s1. The number of nitrogens with zero attached hydrogens (tertiary/aromatic N) is 2. The first-order valence-electron chi connectivity index (χ1n) is 6.58. The van der Waals surface area contributed by atoms with Crippen LogP contribution in [0.1, 0.15) is 24.2 Å². The minimum atomic E-state index is 0. The van der Waals surface area contributed by atoms with Crippen molar-refractivity contribution < 1.29 is 4.79 Å². The minimum absolute atomic E-state index is 0. The molecule has 1 aromatic heterocycles. The van der Waals surface area contributed by atoms with Gasteiger partial charge in [0.2, 0.25) is 5.91 Å². The Morgan fingerprint density at radius 1 is 1.45 bits per heavy atom. The van der Waals surface area contributed by atoms with Gasteiger partial charge >= 0.3 is 0 Å². The maximum absolute atomic E-state index is 11.8. The first-order valence-corrected chi connectivity index (χ1v) is 7.57. The molecule has 20 heavy (non-hydrogen) atoms. The molecule has 0 unspecified atom stereocenters. The molecular weight excluding hydrogens is 296 g/mol. The number of piperidine rings is 1. The van der Waals surface area contributed by atoms with Crippen LogP contribution in [0.5, 0.6) is 0 Å². The van der Waals surface area contributed by atoms with Gasteiger partial charge in [0.25, 0.3) is 0 Å². The van der Waals surface area contributed by atoms with Gasteiger partial charge in [-0.15, -0.1) is 12.4 Å². The first-order chi connectivity index (χ1) is 9.13. The monoisotopic (exact) mass is 316 g/mol. The number of carbonyl (C=O) groups excluding carboxylic acids is 1. The molecule has 0 aromatic carbocycles. The molecule has 1 fully saturated rings. The summed E-state index contributed by atoms with van der Waals surface area (Å²) in [6, 6.07) is 2.19. The third-order valence-electron chi connectivity index (χ3n) is 2.96. The number of halogens is 1. The van der Waals surface area contributed by atoms with Crippen LogP contribution >= 0.6 is 24.2 Å². The largest absolute Gasteiger partial charge is 0.351 e. The van der Waals surface area contributed by atoms with Crippen LogP contribution in [0.15, 0.2) is 11.2 Å². The highest BCUT2D eigenvalue weighted by Gasteiger charge is 2.15. The second-order valence-electron chi connectivity index (χ2n) is 4.83. The molecule has 0 bridgehead atoms. The van der Waals surface area contributed by atoms with E-state index in [1.165, 1.54) is 11.8 Å². The van der Waals surface area contributed by atoms with E-state index in [0.717, 1.165) is 37.3 Å². The Kier molecular flexibility index (Phi) is 7.26. The molecule has 5 nitrogen and oxygen atoms in total. The number of hydrogen-bond acceptors (Lipinski definition) is 5. The summed E-state index contributed by atoms with van der Waals surface area (Å²) >= 11 is 1.39. The smallest absolute Gasteiger partial charge is 0.230 e. The van der Waals surface area contributed by atoms with E-state index in [2.05, 4.69) is 20.6 Å². The van der Waals surface area contributed by atoms with E-state index >= 15 is 0 Å². The van der Waals surface area contributed by atoms with E-state index in [4.69, 9.17) is 0 Å². The van der Waals surface area contributed by atoms with Crippen LogP contribution in [0, 0.1) is 13.8 Å². The highest BCUT2D eigenvalue weighted by molar-refractivity contribution is 7.99. The number of thioether (sulfide) groups is 1. The molecule has 112 valence electrons. The predicted octanol–water partition coefficient (Wildman–Crippen LogP) is 1.48. The average molecular weight is 317 g/mol. The summed E-state index contributed by atoms with van der Waals surface area (Å²) in [5, 5.41) is 7.00. The molecule has 2 heterocycles. The van der Waals surface area contributed by atoms with Crippen LogP contribution in [-0.4, -0.2) is 40.8 Å². The van der Waals surface area contributed by atoms with Gasteiger partial charge in [-0.2, -0.15) is 0 Å². The lowest BCUT2D eigenvalue weighted by Gasteiger charge is -2.23. The maximum Gasteiger partial charge on any atom is 0.230 e. The van der Waals surface area contributed by atoms with Crippen molar-refractivity contribution in [2.24, 2.45) is 0 Å². The number of aromatic nitrogens is 2. The zero-order valence-corrected chi connectivity index (χ0v) is 13.4. The van der Waals surface area contributed by atoms with Crippen LogP contribution in [-0.2, 0) is 4.79 Å². The first kappa shape index (κ1) is 17.2. The van der Waals surface area contributed by atoms with Crippen LogP contribution in [0.25, 0.3) is 0 Å². The van der Waals surface area contributed by atoms with Gasteiger partial charge in [-0.3, -0.25) is 4.79 Å². The lowest BCUT2D eigenvalue weighted by atomic mass is 10.1. The van der Waals surface area contributed by atoms with Gasteiger partial charge in [0.1, 0.15) is 0 Å². The SMILES string of the molecule is Cc1cc(C)nc(SCC(=O)N[C@H]2CCCNC2)n1.Cl. The lowest BCUT2D eigenvalue weighted by molar-refractivity contribution is -0.119. The second-order valence-corrected chi connectivity index (χ2v) is 5.78. The molecule has 0 radical (unpaired) electrons. The van der Waals surface area contributed by atoms with E-state index in [1.807, 2.05) is 19.9 Å². The molecule has 1 amide bonds. The fraction of sp³-hybridized carbons (Fsp3) is 0.615. The van der Waals surface area contributed by atoms with E-state index in [0.29, 0.717) is 10.9 Å². The van der Waals surface area contributed by atoms with Crippen molar-refractivity contribution in [3.8, 4) is 0 Å². The topological polar surface area (TPSA) is 66.9 Å². The molecular formula is C13H21ClN4OS. The number of amides is 1. The Bertz CT molecular complexity index is 432. The quantitative estimate of drug-likeness (QED) is 0.650. The van der Waals surface area contributed by atoms with Gasteiger partial charge in [-0.1, -0.05) is 11.8 Å². The van der Waals surface area contributed by atoms with Crippen LogP contribution in [0.4, 0.5) is 0 Å². The maximum atomic E-state index is 11.8. The van der Waals surface area contributed by atoms with Crippen molar-refractivity contribution in [1.82, 2.24) is 20.6 Å². The third kappa shape index (κ3) is 5.64.